The lowest BCUT2D eigenvalue weighted by molar-refractivity contribution is 0.174. The van der Waals surface area contributed by atoms with Crippen LogP contribution in [0.2, 0.25) is 0 Å². The minimum absolute atomic E-state index is 0.245. The maximum absolute atomic E-state index is 13.7. The largest absolute Gasteiger partial charge is 0.320 e. The van der Waals surface area contributed by atoms with E-state index in [0.717, 1.165) is 25.2 Å². The van der Waals surface area contributed by atoms with Gasteiger partial charge in [-0.3, -0.25) is 4.90 Å². The van der Waals surface area contributed by atoms with Crippen molar-refractivity contribution < 1.29 is 4.39 Å². The maximum atomic E-state index is 13.7. The van der Waals surface area contributed by atoms with Crippen molar-refractivity contribution in [2.45, 2.75) is 26.4 Å². The Morgan fingerprint density at radius 1 is 1.29 bits per heavy atom. The van der Waals surface area contributed by atoms with Crippen molar-refractivity contribution in [3.05, 3.63) is 35.1 Å². The van der Waals surface area contributed by atoms with E-state index < -0.39 is 0 Å². The zero-order valence-corrected chi connectivity index (χ0v) is 13.5. The van der Waals surface area contributed by atoms with Crippen molar-refractivity contribution in [3.8, 4) is 11.8 Å². The topological polar surface area (TPSA) is 32.5 Å². The fraction of sp³-hybridized carbons (Fsp3) is 0.529. The van der Waals surface area contributed by atoms with Gasteiger partial charge in [-0.15, -0.1) is 0 Å². The summed E-state index contributed by atoms with van der Waals surface area (Å²) in [5.41, 5.74) is 7.00. The number of hydrogen-bond acceptors (Lipinski definition) is 3. The van der Waals surface area contributed by atoms with Crippen molar-refractivity contribution >= 4 is 0 Å². The molecule has 0 radical (unpaired) electrons. The molecule has 0 aliphatic rings. The second-order valence-corrected chi connectivity index (χ2v) is 5.53. The Kier molecular flexibility index (Phi) is 7.38. The van der Waals surface area contributed by atoms with E-state index in [1.807, 2.05) is 6.07 Å². The van der Waals surface area contributed by atoms with Gasteiger partial charge < -0.3 is 10.6 Å². The van der Waals surface area contributed by atoms with E-state index in [1.54, 1.807) is 6.07 Å². The van der Waals surface area contributed by atoms with Gasteiger partial charge >= 0.3 is 0 Å². The summed E-state index contributed by atoms with van der Waals surface area (Å²) in [5.74, 6) is 5.42. The van der Waals surface area contributed by atoms with Crippen LogP contribution in [-0.4, -0.2) is 49.6 Å². The van der Waals surface area contributed by atoms with Crippen LogP contribution in [-0.2, 0) is 6.54 Å². The molecule has 0 fully saturated rings. The number of rotatable bonds is 6. The van der Waals surface area contributed by atoms with E-state index in [4.69, 9.17) is 5.73 Å². The van der Waals surface area contributed by atoms with E-state index in [0.29, 0.717) is 11.6 Å². The van der Waals surface area contributed by atoms with Gasteiger partial charge in [0.15, 0.2) is 0 Å². The summed E-state index contributed by atoms with van der Waals surface area (Å²) in [5, 5.41) is 0. The molecule has 1 unspecified atom stereocenters. The third kappa shape index (κ3) is 6.26. The van der Waals surface area contributed by atoms with E-state index in [1.165, 1.54) is 6.07 Å². The van der Waals surface area contributed by atoms with Crippen LogP contribution < -0.4 is 5.73 Å². The summed E-state index contributed by atoms with van der Waals surface area (Å²) in [4.78, 5) is 4.49. The van der Waals surface area contributed by atoms with Crippen LogP contribution in [0.25, 0.3) is 0 Å². The highest BCUT2D eigenvalue weighted by Crippen LogP contribution is 2.13. The summed E-state index contributed by atoms with van der Waals surface area (Å²) in [6.07, 6.45) is 0. The van der Waals surface area contributed by atoms with Crippen LogP contribution in [0.3, 0.4) is 0 Å². The second-order valence-electron chi connectivity index (χ2n) is 5.53. The molecule has 0 saturated carbocycles. The lowest BCUT2D eigenvalue weighted by Gasteiger charge is -2.30. The molecule has 0 aliphatic heterocycles. The van der Waals surface area contributed by atoms with Crippen molar-refractivity contribution in [2.75, 3.05) is 33.7 Å². The Labute approximate surface area is 127 Å². The monoisotopic (exact) mass is 291 g/mol. The SMILES string of the molecule is CCN(Cc1cc(F)cc(C#CCN)c1)C(C)CN(C)C. The summed E-state index contributed by atoms with van der Waals surface area (Å²) >= 11 is 0. The van der Waals surface area contributed by atoms with Crippen molar-refractivity contribution in [1.29, 1.82) is 0 Å². The Morgan fingerprint density at radius 2 is 2.00 bits per heavy atom. The molecular weight excluding hydrogens is 265 g/mol. The minimum atomic E-state index is -0.245. The third-order valence-electron chi connectivity index (χ3n) is 3.34. The fourth-order valence-electron chi connectivity index (χ4n) is 2.42. The van der Waals surface area contributed by atoms with Crippen molar-refractivity contribution in [3.63, 3.8) is 0 Å². The van der Waals surface area contributed by atoms with Gasteiger partial charge in [0, 0.05) is 24.7 Å². The van der Waals surface area contributed by atoms with Gasteiger partial charge in [-0.05, 0) is 51.3 Å². The molecule has 0 saturated heterocycles. The smallest absolute Gasteiger partial charge is 0.124 e. The first kappa shape index (κ1) is 17.6. The molecule has 0 bridgehead atoms. The fourth-order valence-corrected chi connectivity index (χ4v) is 2.42. The molecule has 1 atom stereocenters. The van der Waals surface area contributed by atoms with E-state index in [9.17, 15) is 4.39 Å². The normalized spacial score (nSPS) is 12.4. The Balaban J connectivity index is 2.86. The van der Waals surface area contributed by atoms with Crippen LogP contribution in [0, 0.1) is 17.7 Å². The molecule has 2 N–H and O–H groups in total. The van der Waals surface area contributed by atoms with Gasteiger partial charge in [0.05, 0.1) is 6.54 Å². The molecule has 0 spiro atoms. The molecule has 0 aliphatic carbocycles. The molecule has 0 amide bonds. The quantitative estimate of drug-likeness (QED) is 0.813. The Bertz CT molecular complexity index is 502. The second kappa shape index (κ2) is 8.78. The number of likely N-dealkylation sites (N-methyl/N-ethyl adjacent to an activating group) is 2. The molecule has 1 rings (SSSR count). The van der Waals surface area contributed by atoms with Gasteiger partial charge in [-0.1, -0.05) is 18.8 Å². The zero-order valence-electron chi connectivity index (χ0n) is 13.5. The number of halogens is 1. The molecule has 1 aromatic carbocycles. The van der Waals surface area contributed by atoms with Gasteiger partial charge in [-0.2, -0.15) is 0 Å². The summed E-state index contributed by atoms with van der Waals surface area (Å²) < 4.78 is 13.7. The zero-order chi connectivity index (χ0) is 15.8. The Hall–Kier alpha value is -1.41. The first-order valence-electron chi connectivity index (χ1n) is 7.33. The number of benzene rings is 1. The molecule has 0 heterocycles. The summed E-state index contributed by atoms with van der Waals surface area (Å²) in [6, 6.07) is 5.38. The highest BCUT2D eigenvalue weighted by molar-refractivity contribution is 5.38. The van der Waals surface area contributed by atoms with Gasteiger partial charge in [0.2, 0.25) is 0 Å². The van der Waals surface area contributed by atoms with E-state index >= 15 is 0 Å². The number of hydrogen-bond donors (Lipinski definition) is 1. The van der Waals surface area contributed by atoms with Gasteiger partial charge in [0.1, 0.15) is 5.82 Å². The Morgan fingerprint density at radius 3 is 2.57 bits per heavy atom. The average Bonchev–Trinajstić information content (AvgIpc) is 2.41. The molecule has 4 heteroatoms. The molecule has 21 heavy (non-hydrogen) atoms. The van der Waals surface area contributed by atoms with Crippen LogP contribution in [0.5, 0.6) is 0 Å². The van der Waals surface area contributed by atoms with Crippen LogP contribution in [0.15, 0.2) is 18.2 Å². The van der Waals surface area contributed by atoms with Gasteiger partial charge in [0.25, 0.3) is 0 Å². The predicted molar refractivity (Wildman–Crippen MR) is 86.4 cm³/mol. The lowest BCUT2D eigenvalue weighted by Crippen LogP contribution is -2.39. The molecular formula is C17H26FN3. The van der Waals surface area contributed by atoms with Crippen LogP contribution in [0.1, 0.15) is 25.0 Å². The molecule has 1 aromatic rings. The average molecular weight is 291 g/mol. The summed E-state index contributed by atoms with van der Waals surface area (Å²) in [7, 11) is 4.13. The lowest BCUT2D eigenvalue weighted by atomic mass is 10.1. The molecule has 3 nitrogen and oxygen atoms in total. The maximum Gasteiger partial charge on any atom is 0.124 e. The summed E-state index contributed by atoms with van der Waals surface area (Å²) in [6.45, 7) is 7.23. The third-order valence-corrected chi connectivity index (χ3v) is 3.34. The van der Waals surface area contributed by atoms with Crippen molar-refractivity contribution in [1.82, 2.24) is 9.80 Å². The highest BCUT2D eigenvalue weighted by atomic mass is 19.1. The first-order chi connectivity index (χ1) is 9.96. The van der Waals surface area contributed by atoms with Crippen LogP contribution >= 0.6 is 0 Å². The molecule has 0 aromatic heterocycles. The number of nitrogens with zero attached hydrogens (tertiary/aromatic N) is 2. The van der Waals surface area contributed by atoms with E-state index in [2.05, 4.69) is 49.6 Å². The highest BCUT2D eigenvalue weighted by Gasteiger charge is 2.14. The van der Waals surface area contributed by atoms with Crippen molar-refractivity contribution in [2.24, 2.45) is 5.73 Å². The molecule has 116 valence electrons. The van der Waals surface area contributed by atoms with Gasteiger partial charge in [-0.25, -0.2) is 4.39 Å². The minimum Gasteiger partial charge on any atom is -0.320 e. The first-order valence-corrected chi connectivity index (χ1v) is 7.33. The standard InChI is InChI=1S/C17H26FN3/c1-5-21(14(2)12-20(3)4)13-16-9-15(7-6-8-19)10-17(18)11-16/h9-11,14H,5,8,12-13,19H2,1-4H3. The van der Waals surface area contributed by atoms with E-state index in [-0.39, 0.29) is 12.4 Å². The number of nitrogens with two attached hydrogens (primary N) is 1. The predicted octanol–water partition coefficient (Wildman–Crippen LogP) is 1.91. The van der Waals surface area contributed by atoms with Crippen LogP contribution in [0.4, 0.5) is 4.39 Å².